The number of anilines is 2. The van der Waals surface area contributed by atoms with Gasteiger partial charge in [-0.25, -0.2) is 14.3 Å². The molecule has 0 spiro atoms. The molecular weight excluding hydrogens is 380 g/mol. The number of urea groups is 1. The van der Waals surface area contributed by atoms with Gasteiger partial charge in [-0.3, -0.25) is 4.79 Å². The summed E-state index contributed by atoms with van der Waals surface area (Å²) >= 11 is 0. The lowest BCUT2D eigenvalue weighted by Gasteiger charge is -2.14. The lowest BCUT2D eigenvalue weighted by atomic mass is 10.0. The highest BCUT2D eigenvalue weighted by Crippen LogP contribution is 2.30. The summed E-state index contributed by atoms with van der Waals surface area (Å²) in [6, 6.07) is 16.1. The molecule has 30 heavy (non-hydrogen) atoms. The summed E-state index contributed by atoms with van der Waals surface area (Å²) in [5.74, 6) is -0.184. The molecule has 0 saturated heterocycles. The zero-order valence-corrected chi connectivity index (χ0v) is 16.5. The molecule has 0 saturated carbocycles. The van der Waals surface area contributed by atoms with Crippen LogP contribution in [0, 0.1) is 6.92 Å². The first-order valence-corrected chi connectivity index (χ1v) is 9.36. The number of aromatic nitrogens is 3. The summed E-state index contributed by atoms with van der Waals surface area (Å²) in [7, 11) is 1.54. The van der Waals surface area contributed by atoms with E-state index in [1.807, 2.05) is 43.3 Å². The summed E-state index contributed by atoms with van der Waals surface area (Å²) in [6.45, 7) is 1.92. The molecule has 3 N–H and O–H groups in total. The molecule has 2 aromatic carbocycles. The van der Waals surface area contributed by atoms with Crippen LogP contribution in [0.5, 0.6) is 0 Å². The van der Waals surface area contributed by atoms with Crippen molar-refractivity contribution >= 4 is 29.0 Å². The Bertz CT molecular complexity index is 1230. The Kier molecular flexibility index (Phi) is 5.13. The Morgan fingerprint density at radius 1 is 0.967 bits per heavy atom. The van der Waals surface area contributed by atoms with E-state index in [1.165, 1.54) is 0 Å². The van der Waals surface area contributed by atoms with Crippen LogP contribution in [0.2, 0.25) is 0 Å². The smallest absolute Gasteiger partial charge is 0.319 e. The Morgan fingerprint density at radius 3 is 2.53 bits per heavy atom. The quantitative estimate of drug-likeness (QED) is 0.486. The summed E-state index contributed by atoms with van der Waals surface area (Å²) in [5, 5.41) is 12.9. The number of fused-ring (bicyclic) bond motifs is 1. The number of imidazole rings is 1. The van der Waals surface area contributed by atoms with Crippen molar-refractivity contribution < 1.29 is 9.59 Å². The standard InChI is InChI=1S/C22H20N6O2/c1-14-16(9-6-10-17(14)25-21(29)15-7-4-3-5-8-15)18-13-19(26-22(30)23-2)20-24-11-12-28(20)27-18/h3-13H,1-2H3,(H,25,29)(H2,23,26,30). The minimum absolute atomic E-state index is 0.184. The third-order valence-electron chi connectivity index (χ3n) is 4.73. The van der Waals surface area contributed by atoms with Crippen molar-refractivity contribution in [3.63, 3.8) is 0 Å². The maximum atomic E-state index is 12.6. The molecule has 0 fully saturated rings. The molecule has 0 radical (unpaired) electrons. The van der Waals surface area contributed by atoms with Crippen molar-refractivity contribution in [2.75, 3.05) is 17.7 Å². The molecule has 0 atom stereocenters. The highest BCUT2D eigenvalue weighted by Gasteiger charge is 2.15. The summed E-state index contributed by atoms with van der Waals surface area (Å²) in [6.07, 6.45) is 3.33. The average molecular weight is 400 g/mol. The van der Waals surface area contributed by atoms with E-state index < -0.39 is 0 Å². The molecule has 0 bridgehead atoms. The number of nitrogens with one attached hydrogen (secondary N) is 3. The summed E-state index contributed by atoms with van der Waals surface area (Å²) < 4.78 is 1.61. The van der Waals surface area contributed by atoms with Crippen LogP contribution in [0.15, 0.2) is 67.0 Å². The highest BCUT2D eigenvalue weighted by molar-refractivity contribution is 6.05. The van der Waals surface area contributed by atoms with Gasteiger partial charge in [0.2, 0.25) is 0 Å². The predicted octanol–water partition coefficient (Wildman–Crippen LogP) is 3.71. The maximum absolute atomic E-state index is 12.6. The lowest BCUT2D eigenvalue weighted by Crippen LogP contribution is -2.25. The lowest BCUT2D eigenvalue weighted by molar-refractivity contribution is 0.102. The SMILES string of the molecule is CNC(=O)Nc1cc(-c2cccc(NC(=O)c3ccccc3)c2C)nn2ccnc12. The average Bonchev–Trinajstić information content (AvgIpc) is 3.24. The van der Waals surface area contributed by atoms with Crippen molar-refractivity contribution in [2.24, 2.45) is 0 Å². The second-order valence-electron chi connectivity index (χ2n) is 6.64. The van der Waals surface area contributed by atoms with Gasteiger partial charge in [-0.1, -0.05) is 30.3 Å². The van der Waals surface area contributed by atoms with E-state index in [-0.39, 0.29) is 11.9 Å². The number of benzene rings is 2. The third-order valence-corrected chi connectivity index (χ3v) is 4.73. The van der Waals surface area contributed by atoms with Crippen molar-refractivity contribution in [2.45, 2.75) is 6.92 Å². The normalized spacial score (nSPS) is 10.6. The minimum atomic E-state index is -0.349. The number of hydrogen-bond acceptors (Lipinski definition) is 4. The highest BCUT2D eigenvalue weighted by atomic mass is 16.2. The van der Waals surface area contributed by atoms with Gasteiger partial charge < -0.3 is 16.0 Å². The molecule has 150 valence electrons. The Morgan fingerprint density at radius 2 is 1.77 bits per heavy atom. The topological polar surface area (TPSA) is 100 Å². The molecule has 0 aliphatic heterocycles. The molecule has 4 aromatic rings. The Labute approximate surface area is 173 Å². The van der Waals surface area contributed by atoms with Gasteiger partial charge in [-0.15, -0.1) is 0 Å². The Hall–Kier alpha value is -4.20. The molecule has 2 aromatic heterocycles. The molecule has 4 rings (SSSR count). The van der Waals surface area contributed by atoms with E-state index in [0.29, 0.717) is 28.3 Å². The second-order valence-corrected chi connectivity index (χ2v) is 6.64. The first-order chi connectivity index (χ1) is 14.6. The van der Waals surface area contributed by atoms with Crippen LogP contribution in [-0.4, -0.2) is 33.6 Å². The third kappa shape index (κ3) is 3.70. The van der Waals surface area contributed by atoms with Gasteiger partial charge in [0.15, 0.2) is 5.65 Å². The zero-order valence-electron chi connectivity index (χ0n) is 16.5. The van der Waals surface area contributed by atoms with Crippen LogP contribution in [0.4, 0.5) is 16.2 Å². The van der Waals surface area contributed by atoms with Gasteiger partial charge in [-0.05, 0) is 36.8 Å². The minimum Gasteiger partial charge on any atom is -0.341 e. The second kappa shape index (κ2) is 8.04. The van der Waals surface area contributed by atoms with Crippen molar-refractivity contribution in [1.82, 2.24) is 19.9 Å². The van der Waals surface area contributed by atoms with E-state index in [0.717, 1.165) is 11.1 Å². The van der Waals surface area contributed by atoms with Crippen LogP contribution in [0.25, 0.3) is 16.9 Å². The van der Waals surface area contributed by atoms with Gasteiger partial charge >= 0.3 is 6.03 Å². The number of carbonyl (C=O) groups is 2. The van der Waals surface area contributed by atoms with Crippen LogP contribution >= 0.6 is 0 Å². The van der Waals surface area contributed by atoms with E-state index in [4.69, 9.17) is 0 Å². The van der Waals surface area contributed by atoms with Gasteiger partial charge in [0.25, 0.3) is 5.91 Å². The van der Waals surface area contributed by atoms with Crippen molar-refractivity contribution in [3.05, 3.63) is 78.1 Å². The van der Waals surface area contributed by atoms with Crippen LogP contribution < -0.4 is 16.0 Å². The fourth-order valence-electron chi connectivity index (χ4n) is 3.16. The molecule has 8 nitrogen and oxygen atoms in total. The number of hydrogen-bond donors (Lipinski definition) is 3. The molecule has 2 heterocycles. The first kappa shape index (κ1) is 19.1. The van der Waals surface area contributed by atoms with E-state index >= 15 is 0 Å². The van der Waals surface area contributed by atoms with E-state index in [9.17, 15) is 9.59 Å². The first-order valence-electron chi connectivity index (χ1n) is 9.36. The van der Waals surface area contributed by atoms with Crippen molar-refractivity contribution in [1.29, 1.82) is 0 Å². The summed E-state index contributed by atoms with van der Waals surface area (Å²) in [5.41, 5.74) is 4.67. The number of amides is 3. The fourth-order valence-corrected chi connectivity index (χ4v) is 3.16. The van der Waals surface area contributed by atoms with Crippen LogP contribution in [0.1, 0.15) is 15.9 Å². The molecule has 8 heteroatoms. The van der Waals surface area contributed by atoms with E-state index in [2.05, 4.69) is 26.0 Å². The molecule has 0 aliphatic carbocycles. The Balaban J connectivity index is 1.72. The van der Waals surface area contributed by atoms with Crippen LogP contribution in [0.3, 0.4) is 0 Å². The van der Waals surface area contributed by atoms with Gasteiger partial charge in [0.1, 0.15) is 0 Å². The fraction of sp³-hybridized carbons (Fsp3) is 0.0909. The summed E-state index contributed by atoms with van der Waals surface area (Å²) in [4.78, 5) is 28.7. The number of carbonyl (C=O) groups excluding carboxylic acids is 2. The predicted molar refractivity (Wildman–Crippen MR) is 116 cm³/mol. The molecule has 0 aliphatic rings. The van der Waals surface area contributed by atoms with Crippen molar-refractivity contribution in [3.8, 4) is 11.3 Å². The number of rotatable bonds is 4. The number of nitrogens with zero attached hydrogens (tertiary/aromatic N) is 3. The molecule has 3 amide bonds. The zero-order chi connectivity index (χ0) is 21.1. The van der Waals surface area contributed by atoms with Gasteiger partial charge in [0, 0.05) is 36.3 Å². The van der Waals surface area contributed by atoms with Crippen LogP contribution in [-0.2, 0) is 0 Å². The monoisotopic (exact) mass is 400 g/mol. The maximum Gasteiger partial charge on any atom is 0.319 e. The largest absolute Gasteiger partial charge is 0.341 e. The van der Waals surface area contributed by atoms with Gasteiger partial charge in [-0.2, -0.15) is 5.10 Å². The molecular formula is C22H20N6O2. The van der Waals surface area contributed by atoms with E-state index in [1.54, 1.807) is 42.2 Å². The molecule has 0 unspecified atom stereocenters. The van der Waals surface area contributed by atoms with Gasteiger partial charge in [0.05, 0.1) is 11.4 Å².